The van der Waals surface area contributed by atoms with Crippen molar-refractivity contribution in [3.8, 4) is 11.4 Å². The topological polar surface area (TPSA) is 136 Å². The number of benzene rings is 1. The summed E-state index contributed by atoms with van der Waals surface area (Å²) in [5.41, 5.74) is 1.45. The van der Waals surface area contributed by atoms with E-state index in [1.807, 2.05) is 0 Å². The van der Waals surface area contributed by atoms with Crippen LogP contribution in [0.1, 0.15) is 33.1 Å². The Labute approximate surface area is 196 Å². The number of sulfone groups is 1. The highest BCUT2D eigenvalue weighted by molar-refractivity contribution is 7.92. The van der Waals surface area contributed by atoms with Gasteiger partial charge in [-0.1, -0.05) is 6.07 Å². The molecule has 0 unspecified atom stereocenters. The molecule has 0 spiro atoms. The fourth-order valence-electron chi connectivity index (χ4n) is 4.07. The molecule has 12 heteroatoms. The van der Waals surface area contributed by atoms with Crippen LogP contribution in [0.25, 0.3) is 27.9 Å². The van der Waals surface area contributed by atoms with Gasteiger partial charge >= 0.3 is 0 Å². The number of rotatable bonds is 5. The maximum atomic E-state index is 13.1. The van der Waals surface area contributed by atoms with Gasteiger partial charge < -0.3 is 10.6 Å². The van der Waals surface area contributed by atoms with E-state index in [4.69, 9.17) is 9.97 Å². The molecule has 0 radical (unpaired) electrons. The Kier molecular flexibility index (Phi) is 5.47. The maximum Gasteiger partial charge on any atom is 0.242 e. The second kappa shape index (κ2) is 8.35. The van der Waals surface area contributed by atoms with Gasteiger partial charge in [-0.25, -0.2) is 18.4 Å². The van der Waals surface area contributed by atoms with Crippen LogP contribution in [0, 0.1) is 0 Å². The van der Waals surface area contributed by atoms with E-state index in [1.165, 1.54) is 4.52 Å². The Morgan fingerprint density at radius 1 is 1.21 bits per heavy atom. The van der Waals surface area contributed by atoms with Crippen LogP contribution in [0.5, 0.6) is 0 Å². The maximum absolute atomic E-state index is 13.1. The minimum atomic E-state index is -3.62. The number of nitrogens with one attached hydrogen (secondary N) is 2. The van der Waals surface area contributed by atoms with Crippen molar-refractivity contribution in [1.29, 1.82) is 0 Å². The largest absolute Gasteiger partial charge is 0.354 e. The first-order valence-corrected chi connectivity index (χ1v) is 12.8. The average Bonchev–Trinajstić information content (AvgIpc) is 3.39. The van der Waals surface area contributed by atoms with Crippen LogP contribution in [-0.4, -0.2) is 61.5 Å². The van der Waals surface area contributed by atoms with Gasteiger partial charge in [0, 0.05) is 25.2 Å². The van der Waals surface area contributed by atoms with Crippen molar-refractivity contribution >= 4 is 38.2 Å². The smallest absolute Gasteiger partial charge is 0.242 e. The second-order valence-corrected chi connectivity index (χ2v) is 11.2. The molecule has 1 fully saturated rings. The lowest BCUT2D eigenvalue weighted by atomic mass is 10.1. The van der Waals surface area contributed by atoms with E-state index in [9.17, 15) is 13.2 Å². The first kappa shape index (κ1) is 22.3. The highest BCUT2D eigenvalue weighted by atomic mass is 32.2. The third-order valence-electron chi connectivity index (χ3n) is 5.99. The van der Waals surface area contributed by atoms with Gasteiger partial charge in [-0.3, -0.25) is 9.48 Å². The molecule has 1 aliphatic heterocycles. The van der Waals surface area contributed by atoms with Crippen molar-refractivity contribution in [2.45, 2.75) is 49.3 Å². The summed E-state index contributed by atoms with van der Waals surface area (Å²) in [6.07, 6.45) is 5.85. The van der Waals surface area contributed by atoms with Crippen molar-refractivity contribution in [3.63, 3.8) is 0 Å². The SMILES string of the molecule is CC(C)S(=O)(=O)c1cccc2c1nc(N[C@@H]1CCCCNC1=O)n1nc(-c3cnn(C)c3)nc21. The summed E-state index contributed by atoms with van der Waals surface area (Å²) in [5, 5.41) is 14.9. The molecular weight excluding hydrogens is 456 g/mol. The van der Waals surface area contributed by atoms with Gasteiger partial charge in [0.2, 0.25) is 11.9 Å². The van der Waals surface area contributed by atoms with Gasteiger partial charge in [0.25, 0.3) is 0 Å². The van der Waals surface area contributed by atoms with Crippen molar-refractivity contribution in [1.82, 2.24) is 34.7 Å². The molecule has 1 aromatic carbocycles. The third-order valence-corrected chi connectivity index (χ3v) is 8.18. The number of amides is 1. The first-order valence-electron chi connectivity index (χ1n) is 11.2. The van der Waals surface area contributed by atoms with E-state index in [0.717, 1.165) is 12.8 Å². The zero-order chi connectivity index (χ0) is 24.0. The fraction of sp³-hybridized carbons (Fsp3) is 0.409. The number of nitrogens with zero attached hydrogens (tertiary/aromatic N) is 6. The lowest BCUT2D eigenvalue weighted by Gasteiger charge is -2.17. The average molecular weight is 483 g/mol. The summed E-state index contributed by atoms with van der Waals surface area (Å²) in [4.78, 5) is 22.1. The number of anilines is 1. The lowest BCUT2D eigenvalue weighted by molar-refractivity contribution is -0.121. The molecule has 0 aliphatic carbocycles. The van der Waals surface area contributed by atoms with Crippen LogP contribution in [0.2, 0.25) is 0 Å². The van der Waals surface area contributed by atoms with Crippen LogP contribution >= 0.6 is 0 Å². The molecule has 4 aromatic rings. The molecule has 1 saturated heterocycles. The molecular formula is C22H26N8O3S. The molecule has 0 saturated carbocycles. The monoisotopic (exact) mass is 482 g/mol. The van der Waals surface area contributed by atoms with Gasteiger partial charge in [0.15, 0.2) is 21.3 Å². The van der Waals surface area contributed by atoms with E-state index >= 15 is 0 Å². The Morgan fingerprint density at radius 2 is 2.03 bits per heavy atom. The zero-order valence-electron chi connectivity index (χ0n) is 19.2. The Hall–Kier alpha value is -3.54. The molecule has 2 N–H and O–H groups in total. The second-order valence-electron chi connectivity index (χ2n) is 8.74. The highest BCUT2D eigenvalue weighted by Gasteiger charge is 2.27. The van der Waals surface area contributed by atoms with E-state index in [2.05, 4.69) is 20.8 Å². The standard InChI is InChI=1S/C22H26N8O3S/c1-13(2)34(32,33)17-9-6-7-15-18(17)26-22(25-16-8-4-5-10-23-21(16)31)30-20(15)27-19(28-30)14-11-24-29(3)12-14/h6-7,9,11-13,16H,4-5,8,10H2,1-3H3,(H,23,31)(H,25,26)/t16-/m1/s1. The van der Waals surface area contributed by atoms with Gasteiger partial charge in [0.1, 0.15) is 6.04 Å². The van der Waals surface area contributed by atoms with Gasteiger partial charge in [0.05, 0.1) is 27.4 Å². The van der Waals surface area contributed by atoms with Gasteiger partial charge in [-0.2, -0.15) is 9.61 Å². The van der Waals surface area contributed by atoms with E-state index in [-0.39, 0.29) is 16.8 Å². The lowest BCUT2D eigenvalue weighted by Crippen LogP contribution is -2.38. The number of fused-ring (bicyclic) bond motifs is 3. The van der Waals surface area contributed by atoms with E-state index in [0.29, 0.717) is 40.9 Å². The van der Waals surface area contributed by atoms with Crippen LogP contribution in [-0.2, 0) is 21.7 Å². The Bertz CT molecular complexity index is 1510. The highest BCUT2D eigenvalue weighted by Crippen LogP contribution is 2.30. The summed E-state index contributed by atoms with van der Waals surface area (Å²) >= 11 is 0. The number of carbonyl (C=O) groups excluding carboxylic acids is 1. The quantitative estimate of drug-likeness (QED) is 0.440. The predicted octanol–water partition coefficient (Wildman–Crippen LogP) is 1.94. The number of aromatic nitrogens is 6. The molecule has 1 atom stereocenters. The molecule has 3 aromatic heterocycles. The molecule has 5 rings (SSSR count). The summed E-state index contributed by atoms with van der Waals surface area (Å²) in [6, 6.07) is 4.50. The van der Waals surface area contributed by atoms with Crippen LogP contribution in [0.4, 0.5) is 5.95 Å². The van der Waals surface area contributed by atoms with Crippen molar-refractivity contribution in [3.05, 3.63) is 30.6 Å². The van der Waals surface area contributed by atoms with Crippen molar-refractivity contribution in [2.24, 2.45) is 7.05 Å². The molecule has 34 heavy (non-hydrogen) atoms. The summed E-state index contributed by atoms with van der Waals surface area (Å²) in [6.45, 7) is 3.90. The minimum absolute atomic E-state index is 0.122. The first-order chi connectivity index (χ1) is 16.3. The Balaban J connectivity index is 1.76. The van der Waals surface area contributed by atoms with Crippen LogP contribution in [0.15, 0.2) is 35.5 Å². The van der Waals surface area contributed by atoms with E-state index in [1.54, 1.807) is 56.2 Å². The molecule has 1 aliphatic rings. The molecule has 178 valence electrons. The predicted molar refractivity (Wildman–Crippen MR) is 127 cm³/mol. The summed E-state index contributed by atoms with van der Waals surface area (Å²) in [5.74, 6) is 0.565. The van der Waals surface area contributed by atoms with Crippen LogP contribution < -0.4 is 10.6 Å². The van der Waals surface area contributed by atoms with Gasteiger partial charge in [-0.15, -0.1) is 5.10 Å². The Morgan fingerprint density at radius 3 is 2.76 bits per heavy atom. The normalized spacial score (nSPS) is 17.3. The fourth-order valence-corrected chi connectivity index (χ4v) is 5.28. The molecule has 11 nitrogen and oxygen atoms in total. The van der Waals surface area contributed by atoms with Crippen molar-refractivity contribution in [2.75, 3.05) is 11.9 Å². The molecule has 1 amide bonds. The summed E-state index contributed by atoms with van der Waals surface area (Å²) in [7, 11) is -1.82. The summed E-state index contributed by atoms with van der Waals surface area (Å²) < 4.78 is 29.5. The number of carbonyl (C=O) groups is 1. The number of aryl methyl sites for hydroxylation is 1. The zero-order valence-corrected chi connectivity index (χ0v) is 20.0. The minimum Gasteiger partial charge on any atom is -0.354 e. The third kappa shape index (κ3) is 3.77. The van der Waals surface area contributed by atoms with Gasteiger partial charge in [-0.05, 0) is 45.2 Å². The van der Waals surface area contributed by atoms with E-state index < -0.39 is 21.1 Å². The molecule has 4 heterocycles. The van der Waals surface area contributed by atoms with Crippen molar-refractivity contribution < 1.29 is 13.2 Å². The van der Waals surface area contributed by atoms with Crippen LogP contribution in [0.3, 0.4) is 0 Å². The number of hydrogen-bond acceptors (Lipinski definition) is 8. The molecule has 0 bridgehead atoms. The number of hydrogen-bond donors (Lipinski definition) is 2. The number of para-hydroxylation sites is 1.